The number of anilines is 2. The Labute approximate surface area is 172 Å². The monoisotopic (exact) mass is 407 g/mol. The molecule has 0 radical (unpaired) electrons. The number of amides is 2. The van der Waals surface area contributed by atoms with Crippen molar-refractivity contribution >= 4 is 34.0 Å². The molecule has 0 saturated carbocycles. The van der Waals surface area contributed by atoms with Crippen molar-refractivity contribution in [1.29, 1.82) is 0 Å². The second kappa shape index (κ2) is 8.50. The Bertz CT molecular complexity index is 1020. The van der Waals surface area contributed by atoms with Crippen LogP contribution in [0.3, 0.4) is 0 Å². The minimum Gasteiger partial charge on any atom is -0.325 e. The van der Waals surface area contributed by atoms with Gasteiger partial charge in [0.2, 0.25) is 5.91 Å². The highest BCUT2D eigenvalue weighted by atomic mass is 32.1. The van der Waals surface area contributed by atoms with E-state index in [0.717, 1.165) is 34.8 Å². The van der Waals surface area contributed by atoms with Crippen LogP contribution in [0, 0.1) is 6.92 Å². The predicted octanol–water partition coefficient (Wildman–Crippen LogP) is 3.10. The van der Waals surface area contributed by atoms with Gasteiger partial charge in [-0.15, -0.1) is 11.3 Å². The van der Waals surface area contributed by atoms with E-state index < -0.39 is 0 Å². The van der Waals surface area contributed by atoms with Crippen LogP contribution in [0.1, 0.15) is 26.6 Å². The molecule has 148 valence electrons. The lowest BCUT2D eigenvalue weighted by molar-refractivity contribution is -0.117. The zero-order valence-corrected chi connectivity index (χ0v) is 16.8. The summed E-state index contributed by atoms with van der Waals surface area (Å²) in [7, 11) is 0. The van der Waals surface area contributed by atoms with E-state index >= 15 is 0 Å². The highest BCUT2D eigenvalue weighted by molar-refractivity contribution is 7.15. The van der Waals surface area contributed by atoms with Crippen molar-refractivity contribution in [2.24, 2.45) is 0 Å². The molecule has 1 aliphatic rings. The minimum absolute atomic E-state index is 0.0366. The zero-order chi connectivity index (χ0) is 20.2. The van der Waals surface area contributed by atoms with E-state index in [1.807, 2.05) is 31.2 Å². The van der Waals surface area contributed by atoms with Crippen molar-refractivity contribution in [3.05, 3.63) is 70.5 Å². The molecule has 29 heavy (non-hydrogen) atoms. The van der Waals surface area contributed by atoms with Crippen LogP contribution in [0.4, 0.5) is 10.8 Å². The summed E-state index contributed by atoms with van der Waals surface area (Å²) in [5.41, 5.74) is 3.30. The number of benzene rings is 1. The van der Waals surface area contributed by atoms with Gasteiger partial charge in [0.1, 0.15) is 5.69 Å². The van der Waals surface area contributed by atoms with E-state index in [0.29, 0.717) is 23.9 Å². The number of pyridine rings is 1. The third kappa shape index (κ3) is 4.85. The van der Waals surface area contributed by atoms with Gasteiger partial charge in [-0.25, -0.2) is 4.98 Å². The van der Waals surface area contributed by atoms with E-state index in [4.69, 9.17) is 0 Å². The van der Waals surface area contributed by atoms with Crippen molar-refractivity contribution < 1.29 is 9.59 Å². The van der Waals surface area contributed by atoms with Gasteiger partial charge in [0.15, 0.2) is 5.13 Å². The molecule has 1 aromatic carbocycles. The largest absolute Gasteiger partial charge is 0.325 e. The van der Waals surface area contributed by atoms with Crippen LogP contribution in [-0.4, -0.2) is 39.8 Å². The Morgan fingerprint density at radius 1 is 1.14 bits per heavy atom. The van der Waals surface area contributed by atoms with Crippen LogP contribution in [0.5, 0.6) is 0 Å². The molecular formula is C21H21N5O2S. The van der Waals surface area contributed by atoms with Crippen molar-refractivity contribution in [2.45, 2.75) is 19.9 Å². The first-order chi connectivity index (χ1) is 14.1. The van der Waals surface area contributed by atoms with Gasteiger partial charge in [-0.05, 0) is 31.2 Å². The molecule has 2 N–H and O–H groups in total. The quantitative estimate of drug-likeness (QED) is 0.679. The number of rotatable bonds is 5. The lowest BCUT2D eigenvalue weighted by Crippen LogP contribution is -2.36. The molecule has 0 fully saturated rings. The maximum atomic E-state index is 12.4. The maximum absolute atomic E-state index is 12.4. The van der Waals surface area contributed by atoms with E-state index in [1.54, 1.807) is 24.4 Å². The molecule has 0 spiro atoms. The number of fused-ring (bicyclic) bond motifs is 1. The van der Waals surface area contributed by atoms with Crippen molar-refractivity contribution in [2.75, 3.05) is 23.7 Å². The summed E-state index contributed by atoms with van der Waals surface area (Å²) in [5.74, 6) is -0.309. The third-order valence-electron chi connectivity index (χ3n) is 4.63. The SMILES string of the molecule is Cc1ccc(NC(=O)CN2CCc3nc(NC(=O)c4ccccn4)sc3C2)cc1. The Kier molecular flexibility index (Phi) is 5.64. The molecule has 0 saturated heterocycles. The van der Waals surface area contributed by atoms with Crippen LogP contribution < -0.4 is 10.6 Å². The number of hydrogen-bond donors (Lipinski definition) is 2. The number of aryl methyl sites for hydroxylation is 1. The Morgan fingerprint density at radius 2 is 1.97 bits per heavy atom. The van der Waals surface area contributed by atoms with E-state index in [-0.39, 0.29) is 11.8 Å². The fourth-order valence-corrected chi connectivity index (χ4v) is 4.18. The van der Waals surface area contributed by atoms with Crippen molar-refractivity contribution in [3.63, 3.8) is 0 Å². The van der Waals surface area contributed by atoms with Crippen LogP contribution in [0.2, 0.25) is 0 Å². The van der Waals surface area contributed by atoms with Crippen molar-refractivity contribution in [3.8, 4) is 0 Å². The first kappa shape index (κ1) is 19.2. The van der Waals surface area contributed by atoms with Crippen LogP contribution in [0.25, 0.3) is 0 Å². The number of carbonyl (C=O) groups excluding carboxylic acids is 2. The number of thiazole rings is 1. The fraction of sp³-hybridized carbons (Fsp3) is 0.238. The van der Waals surface area contributed by atoms with Crippen molar-refractivity contribution in [1.82, 2.24) is 14.9 Å². The Hall–Kier alpha value is -3.10. The number of nitrogens with zero attached hydrogens (tertiary/aromatic N) is 3. The minimum atomic E-state index is -0.272. The van der Waals surface area contributed by atoms with Gasteiger partial charge in [0.05, 0.1) is 12.2 Å². The van der Waals surface area contributed by atoms with Crippen LogP contribution in [-0.2, 0) is 17.8 Å². The van der Waals surface area contributed by atoms with Crippen LogP contribution in [0.15, 0.2) is 48.7 Å². The lowest BCUT2D eigenvalue weighted by atomic mass is 10.2. The molecule has 2 amide bonds. The number of nitrogens with one attached hydrogen (secondary N) is 2. The van der Waals surface area contributed by atoms with Gasteiger partial charge in [0.25, 0.3) is 5.91 Å². The maximum Gasteiger partial charge on any atom is 0.276 e. The molecule has 0 bridgehead atoms. The summed E-state index contributed by atoms with van der Waals surface area (Å²) < 4.78 is 0. The van der Waals surface area contributed by atoms with Crippen LogP contribution >= 0.6 is 11.3 Å². The van der Waals surface area contributed by atoms with E-state index in [2.05, 4.69) is 25.5 Å². The molecule has 8 heteroatoms. The Balaban J connectivity index is 1.34. The lowest BCUT2D eigenvalue weighted by Gasteiger charge is -2.25. The van der Waals surface area contributed by atoms with Gasteiger partial charge >= 0.3 is 0 Å². The number of hydrogen-bond acceptors (Lipinski definition) is 6. The highest BCUT2D eigenvalue weighted by Crippen LogP contribution is 2.28. The van der Waals surface area contributed by atoms with E-state index in [9.17, 15) is 9.59 Å². The van der Waals surface area contributed by atoms with Gasteiger partial charge < -0.3 is 5.32 Å². The molecule has 3 aromatic rings. The fourth-order valence-electron chi connectivity index (χ4n) is 3.14. The normalized spacial score (nSPS) is 13.6. The molecule has 4 rings (SSSR count). The van der Waals surface area contributed by atoms with Gasteiger partial charge in [-0.1, -0.05) is 23.8 Å². The molecular weight excluding hydrogens is 386 g/mol. The molecule has 3 heterocycles. The second-order valence-corrected chi connectivity index (χ2v) is 8.02. The second-order valence-electron chi connectivity index (χ2n) is 6.93. The van der Waals surface area contributed by atoms with Gasteiger partial charge in [-0.2, -0.15) is 0 Å². The predicted molar refractivity (Wildman–Crippen MR) is 113 cm³/mol. The average molecular weight is 407 g/mol. The molecule has 0 atom stereocenters. The molecule has 0 unspecified atom stereocenters. The highest BCUT2D eigenvalue weighted by Gasteiger charge is 2.23. The standard InChI is InChI=1S/C21H21N5O2S/c1-14-5-7-15(8-6-14)23-19(27)13-26-11-9-16-18(12-26)29-21(24-16)25-20(28)17-4-2-3-10-22-17/h2-8,10H,9,11-13H2,1H3,(H,23,27)(H,24,25,28). The summed E-state index contributed by atoms with van der Waals surface area (Å²) in [6, 6.07) is 13.0. The molecule has 1 aliphatic heterocycles. The topological polar surface area (TPSA) is 87.2 Å². The zero-order valence-electron chi connectivity index (χ0n) is 16.0. The third-order valence-corrected chi connectivity index (χ3v) is 5.63. The summed E-state index contributed by atoms with van der Waals surface area (Å²) >= 11 is 1.45. The van der Waals surface area contributed by atoms with Gasteiger partial charge in [-0.3, -0.25) is 24.8 Å². The Morgan fingerprint density at radius 3 is 2.72 bits per heavy atom. The molecule has 2 aromatic heterocycles. The number of carbonyl (C=O) groups is 2. The summed E-state index contributed by atoms with van der Waals surface area (Å²) in [6.07, 6.45) is 2.34. The average Bonchev–Trinajstić information content (AvgIpc) is 3.12. The molecule has 0 aliphatic carbocycles. The molecule has 7 nitrogen and oxygen atoms in total. The summed E-state index contributed by atoms with van der Waals surface area (Å²) in [5, 5.41) is 6.32. The first-order valence-electron chi connectivity index (χ1n) is 9.36. The van der Waals surface area contributed by atoms with E-state index in [1.165, 1.54) is 11.3 Å². The summed E-state index contributed by atoms with van der Waals surface area (Å²) in [6.45, 7) is 3.74. The van der Waals surface area contributed by atoms with Gasteiger partial charge in [0, 0.05) is 36.3 Å². The summed E-state index contributed by atoms with van der Waals surface area (Å²) in [4.78, 5) is 36.4. The first-order valence-corrected chi connectivity index (χ1v) is 10.2. The number of aromatic nitrogens is 2. The smallest absolute Gasteiger partial charge is 0.276 e.